The van der Waals surface area contributed by atoms with Gasteiger partial charge in [0.2, 0.25) is 0 Å². The Morgan fingerprint density at radius 2 is 0.980 bits per heavy atom. The van der Waals surface area contributed by atoms with Gasteiger partial charge < -0.3 is 10.2 Å². The molecule has 2 nitrogen and oxygen atoms in total. The van der Waals surface area contributed by atoms with Gasteiger partial charge in [-0.05, 0) is 142 Å². The first-order valence-corrected chi connectivity index (χ1v) is 17.9. The lowest BCUT2D eigenvalue weighted by molar-refractivity contribution is 0.476. The van der Waals surface area contributed by atoms with E-state index in [-0.39, 0.29) is 0 Å². The monoisotopic (exact) mass is 650 g/mol. The summed E-state index contributed by atoms with van der Waals surface area (Å²) >= 11 is 0. The Labute approximate surface area is 298 Å². The minimum absolute atomic E-state index is 0.839. The van der Waals surface area contributed by atoms with Gasteiger partial charge in [0.05, 0.1) is 0 Å². The molecule has 240 valence electrons. The summed E-state index contributed by atoms with van der Waals surface area (Å²) in [5, 5.41) is 8.62. The second-order valence-corrected chi connectivity index (χ2v) is 14.2. The first-order chi connectivity index (χ1) is 25.2. The number of dihydropyridines is 1. The molecule has 2 heteroatoms. The predicted molar refractivity (Wildman–Crippen MR) is 215 cm³/mol. The van der Waals surface area contributed by atoms with Crippen LogP contribution in [0.5, 0.6) is 0 Å². The molecule has 2 heterocycles. The van der Waals surface area contributed by atoms with E-state index >= 15 is 0 Å². The summed E-state index contributed by atoms with van der Waals surface area (Å²) < 4.78 is 0. The van der Waals surface area contributed by atoms with Gasteiger partial charge >= 0.3 is 0 Å². The molecule has 2 aliphatic carbocycles. The standard InChI is InChI=1S/C49H34N2/c1-51-29-31(16-21-47(51)30-22-24-50-25-23-30)32-26-33(35-17-19-45-39-10-4-2-8-37(39)43-14-6-12-41(35)48(43)45)28-34(27-32)36-18-20-46-40-11-5-3-9-38(40)44-15-7-13-42(36)49(44)46/h2-24,26-28,50H,25,29H2,1H3. The van der Waals surface area contributed by atoms with Crippen LogP contribution in [0.3, 0.4) is 0 Å². The molecule has 0 bridgehead atoms. The van der Waals surface area contributed by atoms with Gasteiger partial charge in [0.1, 0.15) is 0 Å². The van der Waals surface area contributed by atoms with Gasteiger partial charge in [-0.15, -0.1) is 0 Å². The smallest absolute Gasteiger partial charge is 0.0438 e. The van der Waals surface area contributed by atoms with E-state index in [1.165, 1.54) is 111 Å². The fourth-order valence-corrected chi connectivity index (χ4v) is 9.09. The van der Waals surface area contributed by atoms with Crippen molar-refractivity contribution >= 4 is 27.1 Å². The van der Waals surface area contributed by atoms with Crippen molar-refractivity contribution < 1.29 is 0 Å². The summed E-state index contributed by atoms with van der Waals surface area (Å²) in [6.07, 6.45) is 11.1. The van der Waals surface area contributed by atoms with Gasteiger partial charge in [0.25, 0.3) is 0 Å². The van der Waals surface area contributed by atoms with Crippen LogP contribution in [-0.2, 0) is 0 Å². The van der Waals surface area contributed by atoms with Crippen molar-refractivity contribution in [2.45, 2.75) is 0 Å². The van der Waals surface area contributed by atoms with Crippen LogP contribution in [-0.4, -0.2) is 25.0 Å². The summed E-state index contributed by atoms with van der Waals surface area (Å²) in [6, 6.07) is 48.0. The molecule has 0 saturated heterocycles. The fourth-order valence-electron chi connectivity index (χ4n) is 9.09. The van der Waals surface area contributed by atoms with Crippen LogP contribution in [0.25, 0.3) is 93.9 Å². The molecule has 0 aromatic heterocycles. The number of hydrogen-bond donors (Lipinski definition) is 1. The van der Waals surface area contributed by atoms with Crippen LogP contribution >= 0.6 is 0 Å². The lowest BCUT2D eigenvalue weighted by Gasteiger charge is -2.29. The summed E-state index contributed by atoms with van der Waals surface area (Å²) in [5.74, 6) is 0. The number of fused-ring (bicyclic) bond motifs is 6. The molecule has 1 N–H and O–H groups in total. The summed E-state index contributed by atoms with van der Waals surface area (Å²) in [6.45, 7) is 1.70. The molecule has 7 aromatic rings. The van der Waals surface area contributed by atoms with E-state index in [9.17, 15) is 0 Å². The van der Waals surface area contributed by atoms with Crippen LogP contribution in [0.2, 0.25) is 0 Å². The second kappa shape index (κ2) is 10.8. The van der Waals surface area contributed by atoms with Gasteiger partial charge in [-0.2, -0.15) is 0 Å². The Hall–Kier alpha value is -6.38. The SMILES string of the molecule is CN1CC(c2cc(-c3ccc4c5c(cccc35)-c3ccccc3-4)cc(-c3ccc4c5c(cccc35)-c3ccccc3-4)c2)=CC=C1C1=CCNC=C1. The van der Waals surface area contributed by atoms with Crippen molar-refractivity contribution in [1.29, 1.82) is 0 Å². The summed E-state index contributed by atoms with van der Waals surface area (Å²) in [5.41, 5.74) is 20.8. The van der Waals surface area contributed by atoms with Gasteiger partial charge in [-0.1, -0.05) is 121 Å². The van der Waals surface area contributed by atoms with Crippen molar-refractivity contribution in [3.8, 4) is 66.8 Å². The quantitative estimate of drug-likeness (QED) is 0.204. The van der Waals surface area contributed by atoms with E-state index in [1.54, 1.807) is 0 Å². The molecule has 0 amide bonds. The topological polar surface area (TPSA) is 15.3 Å². The highest BCUT2D eigenvalue weighted by molar-refractivity contribution is 6.20. The third-order valence-corrected chi connectivity index (χ3v) is 11.4. The lowest BCUT2D eigenvalue weighted by atomic mass is 9.87. The first-order valence-electron chi connectivity index (χ1n) is 17.9. The van der Waals surface area contributed by atoms with E-state index in [1.807, 2.05) is 6.20 Å². The number of likely N-dealkylation sites (N-methyl/N-ethyl adjacent to an activating group) is 1. The molecule has 51 heavy (non-hydrogen) atoms. The molecule has 11 rings (SSSR count). The lowest BCUT2D eigenvalue weighted by Crippen LogP contribution is -2.25. The van der Waals surface area contributed by atoms with E-state index in [2.05, 4.69) is 169 Å². The van der Waals surface area contributed by atoms with Crippen LogP contribution in [0.4, 0.5) is 0 Å². The molecular formula is C49H34N2. The van der Waals surface area contributed by atoms with Crippen LogP contribution in [0.1, 0.15) is 5.56 Å². The maximum absolute atomic E-state index is 3.29. The second-order valence-electron chi connectivity index (χ2n) is 14.2. The Morgan fingerprint density at radius 1 is 0.490 bits per heavy atom. The maximum Gasteiger partial charge on any atom is 0.0438 e. The average molecular weight is 651 g/mol. The number of allylic oxidation sites excluding steroid dienone is 3. The van der Waals surface area contributed by atoms with E-state index in [0.29, 0.717) is 0 Å². The number of benzene rings is 7. The van der Waals surface area contributed by atoms with Crippen LogP contribution in [0.15, 0.2) is 169 Å². The predicted octanol–water partition coefficient (Wildman–Crippen LogP) is 11.9. The molecule has 0 saturated carbocycles. The largest absolute Gasteiger partial charge is 0.387 e. The minimum atomic E-state index is 0.839. The normalized spacial score (nSPS) is 15.0. The summed E-state index contributed by atoms with van der Waals surface area (Å²) in [4.78, 5) is 2.38. The van der Waals surface area contributed by atoms with Crippen molar-refractivity contribution in [3.05, 3.63) is 175 Å². The van der Waals surface area contributed by atoms with Gasteiger partial charge in [0, 0.05) is 25.8 Å². The highest BCUT2D eigenvalue weighted by Crippen LogP contribution is 2.51. The number of nitrogens with one attached hydrogen (secondary N) is 1. The number of rotatable bonds is 4. The molecule has 0 radical (unpaired) electrons. The Bertz CT molecular complexity index is 2580. The van der Waals surface area contributed by atoms with Crippen molar-refractivity contribution in [1.82, 2.24) is 10.2 Å². The number of hydrogen-bond acceptors (Lipinski definition) is 2. The molecule has 0 atom stereocenters. The number of nitrogens with zero attached hydrogens (tertiary/aromatic N) is 1. The highest BCUT2D eigenvalue weighted by Gasteiger charge is 2.25. The van der Waals surface area contributed by atoms with Crippen LogP contribution in [0, 0.1) is 0 Å². The Kier molecular flexibility index (Phi) is 6.03. The zero-order chi connectivity index (χ0) is 33.6. The van der Waals surface area contributed by atoms with Gasteiger partial charge in [-0.3, -0.25) is 0 Å². The molecule has 0 fully saturated rings. The van der Waals surface area contributed by atoms with Crippen molar-refractivity contribution in [2.24, 2.45) is 0 Å². The molecule has 7 aromatic carbocycles. The molecule has 2 aliphatic heterocycles. The Balaban J connectivity index is 1.14. The zero-order valence-corrected chi connectivity index (χ0v) is 28.4. The molecular weight excluding hydrogens is 617 g/mol. The van der Waals surface area contributed by atoms with Gasteiger partial charge in [0.15, 0.2) is 0 Å². The van der Waals surface area contributed by atoms with E-state index < -0.39 is 0 Å². The molecule has 0 unspecified atom stereocenters. The molecule has 4 aliphatic rings. The average Bonchev–Trinajstić information content (AvgIpc) is 3.70. The highest BCUT2D eigenvalue weighted by atomic mass is 15.1. The van der Waals surface area contributed by atoms with Crippen molar-refractivity contribution in [2.75, 3.05) is 20.1 Å². The van der Waals surface area contributed by atoms with Crippen LogP contribution < -0.4 is 5.32 Å². The van der Waals surface area contributed by atoms with E-state index in [4.69, 9.17) is 0 Å². The third-order valence-electron chi connectivity index (χ3n) is 11.4. The third kappa shape index (κ3) is 4.17. The summed E-state index contributed by atoms with van der Waals surface area (Å²) in [7, 11) is 2.21. The maximum atomic E-state index is 3.29. The van der Waals surface area contributed by atoms with Crippen molar-refractivity contribution in [3.63, 3.8) is 0 Å². The van der Waals surface area contributed by atoms with Gasteiger partial charge in [-0.25, -0.2) is 0 Å². The zero-order valence-electron chi connectivity index (χ0n) is 28.4. The van der Waals surface area contributed by atoms with E-state index in [0.717, 1.165) is 13.1 Å². The Morgan fingerprint density at radius 3 is 1.49 bits per heavy atom. The first kappa shape index (κ1) is 28.5. The molecule has 0 spiro atoms. The fraction of sp³-hybridized carbons (Fsp3) is 0.0612. The minimum Gasteiger partial charge on any atom is -0.387 e.